The Morgan fingerprint density at radius 3 is 2.57 bits per heavy atom. The minimum Gasteiger partial charge on any atom is -0.294 e. The van der Waals surface area contributed by atoms with E-state index in [1.807, 2.05) is 30.5 Å². The van der Waals surface area contributed by atoms with Gasteiger partial charge in [-0.15, -0.1) is 24.1 Å². The molecule has 0 unspecified atom stereocenters. The van der Waals surface area contributed by atoms with E-state index in [1.54, 1.807) is 11.8 Å². The zero-order valence-corrected chi connectivity index (χ0v) is 8.93. The average molecular weight is 204 g/mol. The lowest BCUT2D eigenvalue weighted by Gasteiger charge is -1.99. The largest absolute Gasteiger partial charge is 0.294 e. The Morgan fingerprint density at radius 1 is 1.43 bits per heavy atom. The standard InChI is InChI=1S/C12H12OS/c1-3-4-5-12(13)10-6-8-11(14-2)9-7-10/h1,6-9H,4-5H2,2H3. The van der Waals surface area contributed by atoms with Gasteiger partial charge in [-0.1, -0.05) is 12.1 Å². The molecule has 0 saturated carbocycles. The van der Waals surface area contributed by atoms with E-state index in [9.17, 15) is 4.79 Å². The molecule has 0 bridgehead atoms. The summed E-state index contributed by atoms with van der Waals surface area (Å²) in [5.41, 5.74) is 0.748. The molecular formula is C12H12OS. The number of ketones is 1. The van der Waals surface area contributed by atoms with Gasteiger partial charge in [0.2, 0.25) is 0 Å². The van der Waals surface area contributed by atoms with Crippen LogP contribution in [0.1, 0.15) is 23.2 Å². The van der Waals surface area contributed by atoms with E-state index in [2.05, 4.69) is 5.92 Å². The Balaban J connectivity index is 2.67. The quantitative estimate of drug-likeness (QED) is 0.426. The van der Waals surface area contributed by atoms with Crippen molar-refractivity contribution in [1.29, 1.82) is 0 Å². The van der Waals surface area contributed by atoms with E-state index in [1.165, 1.54) is 4.90 Å². The maximum atomic E-state index is 11.5. The highest BCUT2D eigenvalue weighted by atomic mass is 32.2. The highest BCUT2D eigenvalue weighted by Gasteiger charge is 2.03. The molecule has 0 aliphatic carbocycles. The van der Waals surface area contributed by atoms with Gasteiger partial charge in [0.25, 0.3) is 0 Å². The van der Waals surface area contributed by atoms with E-state index in [4.69, 9.17) is 6.42 Å². The molecule has 0 aliphatic rings. The molecular weight excluding hydrogens is 192 g/mol. The number of hydrogen-bond acceptors (Lipinski definition) is 2. The maximum absolute atomic E-state index is 11.5. The van der Waals surface area contributed by atoms with Crippen LogP contribution in [0.4, 0.5) is 0 Å². The van der Waals surface area contributed by atoms with Gasteiger partial charge in [-0.2, -0.15) is 0 Å². The monoisotopic (exact) mass is 204 g/mol. The van der Waals surface area contributed by atoms with Crippen LogP contribution in [0, 0.1) is 12.3 Å². The van der Waals surface area contributed by atoms with Crippen molar-refractivity contribution in [3.05, 3.63) is 29.8 Å². The third-order valence-corrected chi connectivity index (χ3v) is 2.65. The molecule has 72 valence electrons. The van der Waals surface area contributed by atoms with E-state index in [0.717, 1.165) is 5.56 Å². The van der Waals surface area contributed by atoms with Crippen LogP contribution in [0.5, 0.6) is 0 Å². The second-order valence-electron chi connectivity index (χ2n) is 2.86. The first-order chi connectivity index (χ1) is 6.77. The van der Waals surface area contributed by atoms with Crippen LogP contribution in [0.2, 0.25) is 0 Å². The highest BCUT2D eigenvalue weighted by molar-refractivity contribution is 7.98. The summed E-state index contributed by atoms with van der Waals surface area (Å²) < 4.78 is 0. The lowest BCUT2D eigenvalue weighted by atomic mass is 10.1. The van der Waals surface area contributed by atoms with Crippen molar-refractivity contribution in [2.75, 3.05) is 6.26 Å². The van der Waals surface area contributed by atoms with E-state index >= 15 is 0 Å². The van der Waals surface area contributed by atoms with E-state index in [-0.39, 0.29) is 5.78 Å². The Bertz CT molecular complexity index is 346. The summed E-state index contributed by atoms with van der Waals surface area (Å²) in [5, 5.41) is 0. The van der Waals surface area contributed by atoms with Crippen molar-refractivity contribution in [2.24, 2.45) is 0 Å². The molecule has 2 heteroatoms. The van der Waals surface area contributed by atoms with Gasteiger partial charge in [0.15, 0.2) is 5.78 Å². The second-order valence-corrected chi connectivity index (χ2v) is 3.74. The number of terminal acetylenes is 1. The van der Waals surface area contributed by atoms with Crippen LogP contribution >= 0.6 is 11.8 Å². The van der Waals surface area contributed by atoms with Crippen LogP contribution in [-0.2, 0) is 0 Å². The molecule has 1 nitrogen and oxygen atoms in total. The Morgan fingerprint density at radius 2 is 2.07 bits per heavy atom. The van der Waals surface area contributed by atoms with Gasteiger partial charge < -0.3 is 0 Å². The zero-order chi connectivity index (χ0) is 10.4. The van der Waals surface area contributed by atoms with E-state index in [0.29, 0.717) is 12.8 Å². The molecule has 0 aromatic heterocycles. The lowest BCUT2D eigenvalue weighted by Crippen LogP contribution is -1.97. The van der Waals surface area contributed by atoms with Crippen LogP contribution in [0.25, 0.3) is 0 Å². The molecule has 1 rings (SSSR count). The van der Waals surface area contributed by atoms with Gasteiger partial charge in [0.05, 0.1) is 0 Å². The second kappa shape index (κ2) is 5.51. The van der Waals surface area contributed by atoms with Crippen molar-refractivity contribution in [3.63, 3.8) is 0 Å². The number of Topliss-reactive ketones (excluding diaryl/α,β-unsaturated/α-hetero) is 1. The SMILES string of the molecule is C#CCCC(=O)c1ccc(SC)cc1. The zero-order valence-electron chi connectivity index (χ0n) is 8.12. The van der Waals surface area contributed by atoms with Crippen LogP contribution in [0.15, 0.2) is 29.2 Å². The molecule has 0 atom stereocenters. The summed E-state index contributed by atoms with van der Waals surface area (Å²) >= 11 is 1.66. The number of benzene rings is 1. The summed E-state index contributed by atoms with van der Waals surface area (Å²) in [7, 11) is 0. The fourth-order valence-electron chi connectivity index (χ4n) is 1.11. The van der Waals surface area contributed by atoms with Crippen molar-refractivity contribution >= 4 is 17.5 Å². The average Bonchev–Trinajstić information content (AvgIpc) is 2.26. The van der Waals surface area contributed by atoms with Crippen molar-refractivity contribution in [1.82, 2.24) is 0 Å². The molecule has 0 aliphatic heterocycles. The summed E-state index contributed by atoms with van der Waals surface area (Å²) in [6.07, 6.45) is 8.06. The molecule has 0 spiro atoms. The van der Waals surface area contributed by atoms with Crippen molar-refractivity contribution in [2.45, 2.75) is 17.7 Å². The molecule has 1 aromatic carbocycles. The molecule has 0 heterocycles. The normalized spacial score (nSPS) is 9.43. The molecule has 14 heavy (non-hydrogen) atoms. The van der Waals surface area contributed by atoms with Gasteiger partial charge in [-0.05, 0) is 18.4 Å². The minimum atomic E-state index is 0.121. The Hall–Kier alpha value is -1.20. The van der Waals surface area contributed by atoms with Gasteiger partial charge in [0, 0.05) is 23.3 Å². The highest BCUT2D eigenvalue weighted by Crippen LogP contribution is 2.15. The molecule has 0 amide bonds. The predicted molar refractivity (Wildman–Crippen MR) is 60.6 cm³/mol. The van der Waals surface area contributed by atoms with Gasteiger partial charge in [-0.3, -0.25) is 4.79 Å². The first-order valence-electron chi connectivity index (χ1n) is 4.38. The fraction of sp³-hybridized carbons (Fsp3) is 0.250. The summed E-state index contributed by atoms with van der Waals surface area (Å²) in [6, 6.07) is 7.61. The topological polar surface area (TPSA) is 17.1 Å². The summed E-state index contributed by atoms with van der Waals surface area (Å²) in [4.78, 5) is 12.7. The molecule has 0 radical (unpaired) electrons. The van der Waals surface area contributed by atoms with Crippen molar-refractivity contribution in [3.8, 4) is 12.3 Å². The van der Waals surface area contributed by atoms with Crippen LogP contribution < -0.4 is 0 Å². The first-order valence-corrected chi connectivity index (χ1v) is 5.61. The summed E-state index contributed by atoms with van der Waals surface area (Å²) in [5.74, 6) is 2.59. The number of hydrogen-bond donors (Lipinski definition) is 0. The van der Waals surface area contributed by atoms with E-state index < -0.39 is 0 Å². The van der Waals surface area contributed by atoms with Crippen LogP contribution in [-0.4, -0.2) is 12.0 Å². The third-order valence-electron chi connectivity index (χ3n) is 1.91. The van der Waals surface area contributed by atoms with Crippen molar-refractivity contribution < 1.29 is 4.79 Å². The van der Waals surface area contributed by atoms with Crippen LogP contribution in [0.3, 0.4) is 0 Å². The molecule has 0 saturated heterocycles. The fourth-order valence-corrected chi connectivity index (χ4v) is 1.52. The number of carbonyl (C=O) groups is 1. The first kappa shape index (κ1) is 10.9. The van der Waals surface area contributed by atoms with Gasteiger partial charge in [-0.25, -0.2) is 0 Å². The Kier molecular flexibility index (Phi) is 4.28. The number of thioether (sulfide) groups is 1. The molecule has 0 fully saturated rings. The minimum absolute atomic E-state index is 0.121. The Labute approximate surface area is 88.9 Å². The molecule has 1 aromatic rings. The summed E-state index contributed by atoms with van der Waals surface area (Å²) in [6.45, 7) is 0. The molecule has 0 N–H and O–H groups in total. The maximum Gasteiger partial charge on any atom is 0.163 e. The smallest absolute Gasteiger partial charge is 0.163 e. The van der Waals surface area contributed by atoms with Gasteiger partial charge >= 0.3 is 0 Å². The number of rotatable bonds is 4. The number of carbonyl (C=O) groups excluding carboxylic acids is 1. The predicted octanol–water partition coefficient (Wildman–Crippen LogP) is 3.00. The third kappa shape index (κ3) is 2.93. The van der Waals surface area contributed by atoms with Gasteiger partial charge in [0.1, 0.15) is 0 Å². The lowest BCUT2D eigenvalue weighted by molar-refractivity contribution is 0.0984.